The van der Waals surface area contributed by atoms with Crippen LogP contribution in [0.3, 0.4) is 0 Å². The van der Waals surface area contributed by atoms with Crippen LogP contribution in [0.1, 0.15) is 16.1 Å². The van der Waals surface area contributed by atoms with E-state index in [-0.39, 0.29) is 12.0 Å². The Morgan fingerprint density at radius 3 is 2.69 bits per heavy atom. The Morgan fingerprint density at radius 2 is 1.81 bits per heavy atom. The van der Waals surface area contributed by atoms with Crippen molar-refractivity contribution in [3.05, 3.63) is 89.8 Å². The maximum atomic E-state index is 12.5. The van der Waals surface area contributed by atoms with Crippen LogP contribution in [0.25, 0.3) is 21.2 Å². The number of nitrogens with one attached hydrogen (secondary N) is 1. The lowest BCUT2D eigenvalue weighted by Crippen LogP contribution is -2.29. The van der Waals surface area contributed by atoms with Crippen LogP contribution in [0.5, 0.6) is 5.75 Å². The van der Waals surface area contributed by atoms with E-state index in [1.807, 2.05) is 72.8 Å². The van der Waals surface area contributed by atoms with Crippen molar-refractivity contribution in [1.29, 1.82) is 0 Å². The van der Waals surface area contributed by atoms with Crippen LogP contribution in [-0.4, -0.2) is 30.9 Å². The van der Waals surface area contributed by atoms with E-state index in [4.69, 9.17) is 9.57 Å². The molecule has 160 valence electrons. The van der Waals surface area contributed by atoms with Crippen LogP contribution < -0.4 is 10.1 Å². The summed E-state index contributed by atoms with van der Waals surface area (Å²) in [5.41, 5.74) is 2.96. The van der Waals surface area contributed by atoms with Gasteiger partial charge in [-0.1, -0.05) is 71.9 Å². The summed E-state index contributed by atoms with van der Waals surface area (Å²) in [5.74, 6) is 0.721. The van der Waals surface area contributed by atoms with Crippen LogP contribution in [0.15, 0.2) is 90.1 Å². The molecule has 4 aromatic rings. The van der Waals surface area contributed by atoms with E-state index >= 15 is 0 Å². The first-order valence-electron chi connectivity index (χ1n) is 10.5. The highest BCUT2D eigenvalue weighted by molar-refractivity contribution is 7.20. The highest BCUT2D eigenvalue weighted by atomic mass is 32.1. The summed E-state index contributed by atoms with van der Waals surface area (Å²) in [4.78, 5) is 18.7. The number of para-hydroxylation sites is 1. The summed E-state index contributed by atoms with van der Waals surface area (Å²) in [5, 5.41) is 8.17. The van der Waals surface area contributed by atoms with Gasteiger partial charge in [0.15, 0.2) is 6.10 Å². The molecule has 0 fully saturated rings. The summed E-state index contributed by atoms with van der Waals surface area (Å²) in [6.45, 7) is 0.755. The van der Waals surface area contributed by atoms with Crippen LogP contribution in [0.4, 0.5) is 0 Å². The molecule has 0 aliphatic carbocycles. The fourth-order valence-electron chi connectivity index (χ4n) is 3.67. The molecule has 0 radical (unpaired) electrons. The van der Waals surface area contributed by atoms with Crippen LogP contribution in [0, 0.1) is 0 Å². The molecule has 0 saturated carbocycles. The van der Waals surface area contributed by atoms with E-state index in [0.717, 1.165) is 32.7 Å². The van der Waals surface area contributed by atoms with Crippen molar-refractivity contribution in [3.8, 4) is 16.9 Å². The molecule has 0 spiro atoms. The number of carbonyl (C=O) groups excluding carboxylic acids is 1. The molecule has 1 aliphatic heterocycles. The van der Waals surface area contributed by atoms with Gasteiger partial charge in [0.2, 0.25) is 0 Å². The quantitative estimate of drug-likeness (QED) is 0.410. The van der Waals surface area contributed by atoms with Gasteiger partial charge >= 0.3 is 0 Å². The Kier molecular flexibility index (Phi) is 5.85. The SMILES string of the molecule is O=C(NCC1=NOC(COc2ccccc2-c2ccccc2)C1)c1cc2ccccc2s1. The van der Waals surface area contributed by atoms with Gasteiger partial charge in [-0.2, -0.15) is 0 Å². The molecule has 32 heavy (non-hydrogen) atoms. The molecule has 1 N–H and O–H groups in total. The number of amides is 1. The fourth-order valence-corrected chi connectivity index (χ4v) is 4.65. The van der Waals surface area contributed by atoms with Gasteiger partial charge in [0.05, 0.1) is 17.1 Å². The van der Waals surface area contributed by atoms with Gasteiger partial charge in [-0.05, 0) is 29.1 Å². The summed E-state index contributed by atoms with van der Waals surface area (Å²) in [6, 6.07) is 28.0. The Labute approximate surface area is 190 Å². The molecule has 5 nitrogen and oxygen atoms in total. The number of thiophene rings is 1. The Bertz CT molecular complexity index is 1230. The number of hydrogen-bond acceptors (Lipinski definition) is 5. The molecule has 0 bridgehead atoms. The minimum absolute atomic E-state index is 0.0922. The van der Waals surface area contributed by atoms with Gasteiger partial charge in [0.1, 0.15) is 12.4 Å². The standard InChI is InChI=1S/C26H22N2O3S/c29-26(25-14-19-10-4-7-13-24(19)32-25)27-16-20-15-21(31-28-20)17-30-23-12-6-5-11-22(23)18-8-2-1-3-9-18/h1-14,21H,15-17H2,(H,27,29). The van der Waals surface area contributed by atoms with E-state index in [1.165, 1.54) is 11.3 Å². The second-order valence-corrected chi connectivity index (χ2v) is 8.68. The molecule has 3 aromatic carbocycles. The topological polar surface area (TPSA) is 59.9 Å². The van der Waals surface area contributed by atoms with Gasteiger partial charge in [-0.3, -0.25) is 4.79 Å². The number of ether oxygens (including phenoxy) is 1. The second kappa shape index (κ2) is 9.24. The summed E-state index contributed by atoms with van der Waals surface area (Å²) >= 11 is 1.49. The monoisotopic (exact) mass is 442 g/mol. The predicted molar refractivity (Wildman–Crippen MR) is 128 cm³/mol. The van der Waals surface area contributed by atoms with Crippen molar-refractivity contribution in [2.24, 2.45) is 5.16 Å². The minimum atomic E-state index is -0.171. The van der Waals surface area contributed by atoms with E-state index in [9.17, 15) is 4.79 Å². The lowest BCUT2D eigenvalue weighted by atomic mass is 10.0. The Morgan fingerprint density at radius 1 is 1.03 bits per heavy atom. The lowest BCUT2D eigenvalue weighted by Gasteiger charge is -2.14. The number of oxime groups is 1. The summed E-state index contributed by atoms with van der Waals surface area (Å²) in [6.07, 6.45) is 0.454. The number of fused-ring (bicyclic) bond motifs is 1. The third-order valence-corrected chi connectivity index (χ3v) is 6.41. The number of carbonyl (C=O) groups is 1. The molecule has 1 aromatic heterocycles. The maximum absolute atomic E-state index is 12.5. The first-order valence-corrected chi connectivity index (χ1v) is 11.3. The predicted octanol–water partition coefficient (Wildman–Crippen LogP) is 5.52. The minimum Gasteiger partial charge on any atom is -0.489 e. The summed E-state index contributed by atoms with van der Waals surface area (Å²) in [7, 11) is 0. The molecular formula is C26H22N2O3S. The van der Waals surface area contributed by atoms with Crippen LogP contribution in [-0.2, 0) is 4.84 Å². The third-order valence-electron chi connectivity index (χ3n) is 5.29. The average Bonchev–Trinajstić information content (AvgIpc) is 3.49. The molecule has 1 amide bonds. The average molecular weight is 443 g/mol. The van der Waals surface area contributed by atoms with Gasteiger partial charge < -0.3 is 14.9 Å². The first kappa shape index (κ1) is 20.3. The normalized spacial score (nSPS) is 15.2. The van der Waals surface area contributed by atoms with E-state index in [1.54, 1.807) is 0 Å². The first-order chi connectivity index (χ1) is 15.8. The molecule has 2 heterocycles. The van der Waals surface area contributed by atoms with Crippen molar-refractivity contribution >= 4 is 33.0 Å². The highest BCUT2D eigenvalue weighted by Crippen LogP contribution is 2.30. The third kappa shape index (κ3) is 4.50. The fraction of sp³-hybridized carbons (Fsp3) is 0.154. The molecule has 1 atom stereocenters. The van der Waals surface area contributed by atoms with E-state index < -0.39 is 0 Å². The zero-order valence-electron chi connectivity index (χ0n) is 17.4. The molecule has 1 unspecified atom stereocenters. The lowest BCUT2D eigenvalue weighted by molar-refractivity contribution is 0.0472. The number of hydrogen-bond donors (Lipinski definition) is 1. The van der Waals surface area contributed by atoms with E-state index in [2.05, 4.69) is 22.6 Å². The molecule has 0 saturated heterocycles. The van der Waals surface area contributed by atoms with Gasteiger partial charge in [0, 0.05) is 16.7 Å². The number of nitrogens with zero attached hydrogens (tertiary/aromatic N) is 1. The van der Waals surface area contributed by atoms with Crippen molar-refractivity contribution < 1.29 is 14.4 Å². The van der Waals surface area contributed by atoms with Gasteiger partial charge in [0.25, 0.3) is 5.91 Å². The van der Waals surface area contributed by atoms with Crippen LogP contribution in [0.2, 0.25) is 0 Å². The molecular weight excluding hydrogens is 420 g/mol. The Hall–Kier alpha value is -3.64. The van der Waals surface area contributed by atoms with Crippen molar-refractivity contribution in [3.63, 3.8) is 0 Å². The Balaban J connectivity index is 1.13. The number of benzene rings is 3. The zero-order valence-corrected chi connectivity index (χ0v) is 18.2. The largest absolute Gasteiger partial charge is 0.489 e. The van der Waals surface area contributed by atoms with Crippen molar-refractivity contribution in [2.45, 2.75) is 12.5 Å². The summed E-state index contributed by atoms with van der Waals surface area (Å²) < 4.78 is 7.17. The second-order valence-electron chi connectivity index (χ2n) is 7.59. The van der Waals surface area contributed by atoms with Crippen LogP contribution >= 0.6 is 11.3 Å². The highest BCUT2D eigenvalue weighted by Gasteiger charge is 2.23. The van der Waals surface area contributed by atoms with Crippen molar-refractivity contribution in [2.75, 3.05) is 13.2 Å². The smallest absolute Gasteiger partial charge is 0.261 e. The van der Waals surface area contributed by atoms with Crippen molar-refractivity contribution in [1.82, 2.24) is 5.32 Å². The maximum Gasteiger partial charge on any atom is 0.261 e. The van der Waals surface area contributed by atoms with Gasteiger partial charge in [-0.15, -0.1) is 11.3 Å². The zero-order chi connectivity index (χ0) is 21.8. The number of rotatable bonds is 7. The van der Waals surface area contributed by atoms with Gasteiger partial charge in [-0.25, -0.2) is 0 Å². The molecule has 6 heteroatoms. The van der Waals surface area contributed by atoms with E-state index in [0.29, 0.717) is 24.4 Å². The molecule has 5 rings (SSSR count). The molecule has 1 aliphatic rings.